The maximum atomic E-state index is 10.4. The van der Waals surface area contributed by atoms with Crippen molar-refractivity contribution >= 4 is 23.0 Å². The van der Waals surface area contributed by atoms with Crippen LogP contribution in [-0.2, 0) is 9.53 Å². The number of carboxylic acids is 1. The second-order valence-electron chi connectivity index (χ2n) is 10.1. The van der Waals surface area contributed by atoms with Crippen LogP contribution in [0.1, 0.15) is 5.56 Å². The first-order valence-corrected chi connectivity index (χ1v) is 13.8. The summed E-state index contributed by atoms with van der Waals surface area (Å²) < 4.78 is 27.5. The highest BCUT2D eigenvalue weighted by Gasteiger charge is 2.45. The number of aromatic hydroxyl groups is 4. The molecule has 1 saturated heterocycles. The van der Waals surface area contributed by atoms with Crippen molar-refractivity contribution in [3.05, 3.63) is 66.2 Å². The van der Waals surface area contributed by atoms with Gasteiger partial charge in [0.25, 0.3) is 0 Å². The summed E-state index contributed by atoms with van der Waals surface area (Å²) >= 11 is 0. The molecule has 1 aliphatic rings. The number of phenols is 4. The number of aliphatic hydroxyl groups excluding tert-OH is 4. The van der Waals surface area contributed by atoms with Gasteiger partial charge in [-0.1, -0.05) is 12.1 Å². The van der Waals surface area contributed by atoms with Gasteiger partial charge in [-0.3, -0.25) is 0 Å². The Morgan fingerprint density at radius 3 is 2.06 bits per heavy atom. The fourth-order valence-corrected chi connectivity index (χ4v) is 4.54. The Bertz CT molecular complexity index is 1710. The lowest BCUT2D eigenvalue weighted by Gasteiger charge is -2.39. The van der Waals surface area contributed by atoms with Crippen molar-refractivity contribution in [2.45, 2.75) is 30.7 Å². The number of carboxylic acid groups (broad SMARTS) is 1. The van der Waals surface area contributed by atoms with Crippen LogP contribution in [0.3, 0.4) is 0 Å². The Balaban J connectivity index is 0.000000351. The normalized spacial score (nSPS) is 20.8. The molecule has 0 saturated carbocycles. The Labute approximate surface area is 266 Å². The number of ether oxygens (including phenoxy) is 4. The first-order valence-electron chi connectivity index (χ1n) is 13.8. The van der Waals surface area contributed by atoms with Crippen molar-refractivity contribution in [3.63, 3.8) is 0 Å². The van der Waals surface area contributed by atoms with Crippen LogP contribution in [0.15, 0.2) is 65.1 Å². The largest absolute Gasteiger partial charge is 0.508 e. The van der Waals surface area contributed by atoms with E-state index in [9.17, 15) is 40.5 Å². The Morgan fingerprint density at radius 2 is 1.49 bits per heavy atom. The highest BCUT2D eigenvalue weighted by Crippen LogP contribution is 2.45. The molecule has 4 aromatic rings. The van der Waals surface area contributed by atoms with E-state index in [0.29, 0.717) is 0 Å². The number of rotatable bonds is 8. The molecule has 0 radical (unpaired) electrons. The Hall–Kier alpha value is -5.32. The maximum Gasteiger partial charge on any atom is 0.402 e. The van der Waals surface area contributed by atoms with E-state index in [1.165, 1.54) is 56.7 Å². The fraction of sp³-hybridized carbons (Fsp3) is 0.250. The lowest BCUT2D eigenvalue weighted by Crippen LogP contribution is -2.60. The number of aliphatic hydroxyl groups is 4. The molecule has 47 heavy (non-hydrogen) atoms. The number of hydrogen-bond donors (Lipinski definition) is 9. The molecule has 0 aliphatic carbocycles. The molecular weight excluding hydrogens is 624 g/mol. The number of fused-ring (bicyclic) bond motifs is 1. The van der Waals surface area contributed by atoms with Crippen LogP contribution < -0.4 is 14.2 Å². The van der Waals surface area contributed by atoms with E-state index < -0.39 is 43.3 Å². The van der Waals surface area contributed by atoms with Crippen molar-refractivity contribution < 1.29 is 74.1 Å². The molecule has 2 heterocycles. The molecule has 0 bridgehead atoms. The van der Waals surface area contributed by atoms with E-state index >= 15 is 0 Å². The zero-order chi connectivity index (χ0) is 34.4. The van der Waals surface area contributed by atoms with Gasteiger partial charge >= 0.3 is 17.3 Å². The number of methoxy groups -OCH3 is 2. The zero-order valence-electron chi connectivity index (χ0n) is 24.9. The van der Waals surface area contributed by atoms with Crippen LogP contribution in [0.2, 0.25) is 0 Å². The van der Waals surface area contributed by atoms with Gasteiger partial charge in [0.05, 0.1) is 32.5 Å². The average Bonchev–Trinajstić information content (AvgIpc) is 3.05. The topological polar surface area (TPSA) is 247 Å². The van der Waals surface area contributed by atoms with Gasteiger partial charge in [-0.15, -0.1) is 0 Å². The van der Waals surface area contributed by atoms with Crippen LogP contribution in [0, 0.1) is 0 Å². The second kappa shape index (κ2) is 14.8. The molecule has 9 N–H and O–H groups in total. The molecule has 0 spiro atoms. The molecule has 15 heteroatoms. The molecule has 1 aliphatic heterocycles. The molecule has 1 fully saturated rings. The quantitative estimate of drug-likeness (QED) is 0.0973. The number of aliphatic carboxylic acids is 1. The number of phenolic OH excluding ortho intramolecular Hbond substituents is 4. The maximum absolute atomic E-state index is 10.4. The monoisotopic (exact) mass is 657 g/mol. The molecule has 1 aromatic heterocycles. The predicted molar refractivity (Wildman–Crippen MR) is 163 cm³/mol. The lowest BCUT2D eigenvalue weighted by molar-refractivity contribution is -0.277. The van der Waals surface area contributed by atoms with Gasteiger partial charge in [0.1, 0.15) is 47.1 Å². The molecule has 250 valence electrons. The summed E-state index contributed by atoms with van der Waals surface area (Å²) in [4.78, 5) is 10.1. The highest BCUT2D eigenvalue weighted by atomic mass is 16.7. The van der Waals surface area contributed by atoms with Gasteiger partial charge in [-0.2, -0.15) is 0 Å². The minimum absolute atomic E-state index is 0.0175. The van der Waals surface area contributed by atoms with E-state index in [1.54, 1.807) is 12.1 Å². The summed E-state index contributed by atoms with van der Waals surface area (Å²) in [5, 5.41) is 87.9. The zero-order valence-corrected chi connectivity index (χ0v) is 24.9. The first kappa shape index (κ1) is 34.6. The van der Waals surface area contributed by atoms with Gasteiger partial charge in [0, 0.05) is 30.3 Å². The van der Waals surface area contributed by atoms with E-state index in [1.807, 2.05) is 0 Å². The van der Waals surface area contributed by atoms with Crippen LogP contribution >= 0.6 is 0 Å². The van der Waals surface area contributed by atoms with Crippen LogP contribution in [-0.4, -0.2) is 103 Å². The van der Waals surface area contributed by atoms with Crippen LogP contribution in [0.4, 0.5) is 0 Å². The first-order chi connectivity index (χ1) is 22.4. The summed E-state index contributed by atoms with van der Waals surface area (Å²) in [6.45, 7) is -0.661. The van der Waals surface area contributed by atoms with E-state index in [4.69, 9.17) is 33.6 Å². The van der Waals surface area contributed by atoms with Crippen molar-refractivity contribution in [1.29, 1.82) is 0 Å². The molecule has 0 amide bonds. The summed E-state index contributed by atoms with van der Waals surface area (Å²) in [5.41, 5.74) is 1.07. The molecular formula is C32H33O15+. The second-order valence-corrected chi connectivity index (χ2v) is 10.1. The highest BCUT2D eigenvalue weighted by molar-refractivity contribution is 5.89. The third-order valence-electron chi connectivity index (χ3n) is 6.96. The summed E-state index contributed by atoms with van der Waals surface area (Å²) in [6.07, 6.45) is -5.27. The van der Waals surface area contributed by atoms with E-state index in [0.717, 1.165) is 17.7 Å². The number of benzene rings is 3. The number of carbonyl (C=O) groups is 1. The molecule has 5 rings (SSSR count). The number of hydrogen-bond acceptors (Lipinski definition) is 13. The predicted octanol–water partition coefficient (Wildman–Crippen LogP) is 2.18. The molecule has 15 nitrogen and oxygen atoms in total. The van der Waals surface area contributed by atoms with Crippen molar-refractivity contribution in [2.75, 3.05) is 20.8 Å². The lowest BCUT2D eigenvalue weighted by atomic mass is 9.99. The van der Waals surface area contributed by atoms with Gasteiger partial charge in [0.2, 0.25) is 17.8 Å². The van der Waals surface area contributed by atoms with Gasteiger partial charge in [-0.25, -0.2) is 9.21 Å². The minimum atomic E-state index is -1.71. The Kier molecular flexibility index (Phi) is 10.9. The smallest absolute Gasteiger partial charge is 0.402 e. The fourth-order valence-electron chi connectivity index (χ4n) is 4.54. The third-order valence-corrected chi connectivity index (χ3v) is 6.96. The molecule has 5 atom stereocenters. The van der Waals surface area contributed by atoms with Crippen molar-refractivity contribution in [1.82, 2.24) is 0 Å². The van der Waals surface area contributed by atoms with Crippen molar-refractivity contribution in [3.8, 4) is 51.6 Å². The summed E-state index contributed by atoms with van der Waals surface area (Å²) in [7, 11) is 2.66. The third kappa shape index (κ3) is 7.92. The van der Waals surface area contributed by atoms with Gasteiger partial charge in [-0.05, 0) is 23.8 Å². The molecule has 0 unspecified atom stereocenters. The SMILES string of the molecule is COc1cc(-c2[o+]c3cc(O)cc(O)c3cc2O[C@@H]2O[C@H](CO)[C@@H](O)[C@H](O)[C@H]2O)cc(OC)c1O.O=C(O)/C=C/c1ccc(O)cc1. The summed E-state index contributed by atoms with van der Waals surface area (Å²) in [6, 6.07) is 12.8. The molecule has 3 aromatic carbocycles. The van der Waals surface area contributed by atoms with E-state index in [-0.39, 0.29) is 62.5 Å². The minimum Gasteiger partial charge on any atom is -0.508 e. The standard InChI is InChI=1S/C23H24O12.C9H8O3/c1-31-14-3-9(4-15(32-2)18(14)27)22-16(7-11-12(26)5-10(25)6-13(11)33-22)34-23-21(30)20(29)19(28)17(8-24)35-23;10-8-4-1-7(2-5-8)3-6-9(11)12/h3-7,17,19-21,23-24,28-30H,8H2,1-2H3,(H2-,25,26,27);1-6,10H,(H,11,12)/p+1/b;6-3+/t17-,19-,20+,21-,23-;/m1./s1. The van der Waals surface area contributed by atoms with Crippen molar-refractivity contribution in [2.24, 2.45) is 0 Å². The van der Waals surface area contributed by atoms with Gasteiger partial charge < -0.3 is 64.9 Å². The van der Waals surface area contributed by atoms with Crippen LogP contribution in [0.25, 0.3) is 28.4 Å². The van der Waals surface area contributed by atoms with Crippen LogP contribution in [0.5, 0.6) is 40.2 Å². The van der Waals surface area contributed by atoms with E-state index in [2.05, 4.69) is 0 Å². The van der Waals surface area contributed by atoms with Gasteiger partial charge in [0.15, 0.2) is 11.5 Å². The Morgan fingerprint density at radius 1 is 0.851 bits per heavy atom. The summed E-state index contributed by atoms with van der Waals surface area (Å²) in [5.74, 6) is -1.74. The average molecular weight is 658 g/mol.